The third-order valence-corrected chi connectivity index (χ3v) is 2.71. The Labute approximate surface area is 110 Å². The summed E-state index contributed by atoms with van der Waals surface area (Å²) in [6, 6.07) is 7.38. The second-order valence-corrected chi connectivity index (χ2v) is 4.02. The van der Waals surface area contributed by atoms with E-state index in [9.17, 15) is 0 Å². The van der Waals surface area contributed by atoms with E-state index in [0.717, 1.165) is 11.3 Å². The molecule has 0 radical (unpaired) electrons. The summed E-state index contributed by atoms with van der Waals surface area (Å²) >= 11 is 0. The van der Waals surface area contributed by atoms with Gasteiger partial charge in [-0.05, 0) is 31.2 Å². The molecule has 0 atom stereocenters. The van der Waals surface area contributed by atoms with Gasteiger partial charge >= 0.3 is 0 Å². The summed E-state index contributed by atoms with van der Waals surface area (Å²) in [5.74, 6) is 2.01. The van der Waals surface area contributed by atoms with Crippen molar-refractivity contribution in [3.8, 4) is 17.2 Å². The number of nitrogens with zero attached hydrogens (tertiary/aromatic N) is 2. The second kappa shape index (κ2) is 5.43. The molecule has 0 saturated heterocycles. The number of aromatic nitrogens is 1. The van der Waals surface area contributed by atoms with Gasteiger partial charge < -0.3 is 20.1 Å². The summed E-state index contributed by atoms with van der Waals surface area (Å²) in [5.41, 5.74) is 6.96. The molecule has 100 valence electrons. The maximum absolute atomic E-state index is 8.56. The zero-order chi connectivity index (χ0) is 13.8. The van der Waals surface area contributed by atoms with Crippen molar-refractivity contribution in [1.29, 1.82) is 0 Å². The van der Waals surface area contributed by atoms with E-state index >= 15 is 0 Å². The molecule has 1 aromatic heterocycles. The molecule has 0 amide bonds. The number of nitrogens with two attached hydrogens (primary N) is 1. The van der Waals surface area contributed by atoms with Crippen LogP contribution in [0, 0.1) is 6.92 Å². The van der Waals surface area contributed by atoms with Gasteiger partial charge in [0, 0.05) is 5.56 Å². The Morgan fingerprint density at radius 2 is 2.11 bits per heavy atom. The van der Waals surface area contributed by atoms with Crippen LogP contribution in [0.2, 0.25) is 0 Å². The Hall–Kier alpha value is -2.50. The molecule has 0 unspecified atom stereocenters. The molecule has 0 bridgehead atoms. The van der Waals surface area contributed by atoms with Crippen LogP contribution in [0.3, 0.4) is 0 Å². The third-order valence-electron chi connectivity index (χ3n) is 2.71. The van der Waals surface area contributed by atoms with E-state index in [2.05, 4.69) is 10.1 Å². The lowest BCUT2D eigenvalue weighted by Gasteiger charge is -1.99. The molecule has 1 aromatic carbocycles. The first-order valence-corrected chi connectivity index (χ1v) is 5.71. The molecule has 0 spiro atoms. The number of methoxy groups -OCH3 is 1. The summed E-state index contributed by atoms with van der Waals surface area (Å²) in [5, 5.41) is 11.5. The van der Waals surface area contributed by atoms with Crippen LogP contribution in [0.5, 0.6) is 5.75 Å². The van der Waals surface area contributed by atoms with Crippen LogP contribution in [-0.4, -0.2) is 23.1 Å². The lowest BCUT2D eigenvalue weighted by atomic mass is 10.2. The van der Waals surface area contributed by atoms with Crippen LogP contribution in [-0.2, 0) is 6.42 Å². The standard InChI is InChI=1S/C13H15N3O3/c1-8-11(7-12(14)16-17)15-13(19-8)9-3-5-10(18-2)6-4-9/h3-6,17H,7H2,1-2H3,(H2,14,16). The Kier molecular flexibility index (Phi) is 3.70. The third kappa shape index (κ3) is 2.85. The minimum Gasteiger partial charge on any atom is -0.497 e. The van der Waals surface area contributed by atoms with Crippen LogP contribution in [0.1, 0.15) is 11.5 Å². The Bertz CT molecular complexity index is 588. The van der Waals surface area contributed by atoms with Crippen molar-refractivity contribution >= 4 is 5.84 Å². The number of hydrogen-bond acceptors (Lipinski definition) is 5. The average Bonchev–Trinajstić information content (AvgIpc) is 2.80. The molecule has 1 heterocycles. The van der Waals surface area contributed by atoms with Gasteiger partial charge in [0.05, 0.1) is 19.2 Å². The molecule has 0 fully saturated rings. The van der Waals surface area contributed by atoms with E-state index in [1.807, 2.05) is 24.3 Å². The summed E-state index contributed by atoms with van der Waals surface area (Å²) in [7, 11) is 1.61. The summed E-state index contributed by atoms with van der Waals surface area (Å²) in [6.07, 6.45) is 0.252. The van der Waals surface area contributed by atoms with Gasteiger partial charge in [-0.2, -0.15) is 0 Å². The highest BCUT2D eigenvalue weighted by Gasteiger charge is 2.12. The van der Waals surface area contributed by atoms with Crippen LogP contribution in [0.4, 0.5) is 0 Å². The van der Waals surface area contributed by atoms with Crippen LogP contribution < -0.4 is 10.5 Å². The van der Waals surface area contributed by atoms with Crippen molar-refractivity contribution in [1.82, 2.24) is 4.98 Å². The van der Waals surface area contributed by atoms with Gasteiger partial charge in [-0.15, -0.1) is 0 Å². The van der Waals surface area contributed by atoms with E-state index in [4.69, 9.17) is 20.1 Å². The molecule has 0 saturated carbocycles. The molecule has 0 aliphatic carbocycles. The van der Waals surface area contributed by atoms with Gasteiger partial charge in [0.15, 0.2) is 0 Å². The van der Waals surface area contributed by atoms with Gasteiger partial charge in [0.1, 0.15) is 17.3 Å². The fourth-order valence-electron chi connectivity index (χ4n) is 1.66. The first-order valence-electron chi connectivity index (χ1n) is 5.71. The largest absolute Gasteiger partial charge is 0.497 e. The maximum Gasteiger partial charge on any atom is 0.226 e. The molecule has 6 heteroatoms. The van der Waals surface area contributed by atoms with Crippen molar-refractivity contribution in [2.24, 2.45) is 10.9 Å². The first kappa shape index (κ1) is 12.9. The number of ether oxygens (including phenoxy) is 1. The molecule has 2 aromatic rings. The van der Waals surface area contributed by atoms with Crippen molar-refractivity contribution in [3.05, 3.63) is 35.7 Å². The molecule has 19 heavy (non-hydrogen) atoms. The molecule has 2 rings (SSSR count). The number of amidine groups is 1. The SMILES string of the molecule is COc1ccc(-c2nc(CC(N)=NO)c(C)o2)cc1. The maximum atomic E-state index is 8.56. The molecule has 6 nitrogen and oxygen atoms in total. The lowest BCUT2D eigenvalue weighted by molar-refractivity contribution is 0.317. The zero-order valence-corrected chi connectivity index (χ0v) is 10.8. The van der Waals surface area contributed by atoms with Crippen LogP contribution in [0.25, 0.3) is 11.5 Å². The fourth-order valence-corrected chi connectivity index (χ4v) is 1.66. The summed E-state index contributed by atoms with van der Waals surface area (Å²) in [4.78, 5) is 4.34. The van der Waals surface area contributed by atoms with Crippen molar-refractivity contribution in [2.75, 3.05) is 7.11 Å². The number of rotatable bonds is 4. The van der Waals surface area contributed by atoms with Crippen LogP contribution >= 0.6 is 0 Å². The minimum absolute atomic E-state index is 0.0951. The minimum atomic E-state index is 0.0951. The zero-order valence-electron chi connectivity index (χ0n) is 10.8. The van der Waals surface area contributed by atoms with Gasteiger partial charge in [-0.1, -0.05) is 5.16 Å². The first-order chi connectivity index (χ1) is 9.13. The van der Waals surface area contributed by atoms with E-state index < -0.39 is 0 Å². The number of oxazole rings is 1. The van der Waals surface area contributed by atoms with E-state index in [1.165, 1.54) is 0 Å². The summed E-state index contributed by atoms with van der Waals surface area (Å²) in [6.45, 7) is 1.79. The Morgan fingerprint density at radius 1 is 1.42 bits per heavy atom. The van der Waals surface area contributed by atoms with Crippen molar-refractivity contribution in [3.63, 3.8) is 0 Å². The normalized spacial score (nSPS) is 11.6. The molecular weight excluding hydrogens is 246 g/mol. The number of oxime groups is 1. The predicted molar refractivity (Wildman–Crippen MR) is 70.3 cm³/mol. The van der Waals surface area contributed by atoms with Crippen molar-refractivity contribution in [2.45, 2.75) is 13.3 Å². The molecular formula is C13H15N3O3. The molecule has 0 aliphatic rings. The van der Waals surface area contributed by atoms with Gasteiger partial charge in [0.25, 0.3) is 0 Å². The topological polar surface area (TPSA) is 93.9 Å². The fraction of sp³-hybridized carbons (Fsp3) is 0.231. The summed E-state index contributed by atoms with van der Waals surface area (Å²) < 4.78 is 10.7. The highest BCUT2D eigenvalue weighted by Crippen LogP contribution is 2.24. The van der Waals surface area contributed by atoms with Crippen molar-refractivity contribution < 1.29 is 14.4 Å². The van der Waals surface area contributed by atoms with E-state index in [0.29, 0.717) is 17.3 Å². The quantitative estimate of drug-likeness (QED) is 0.379. The average molecular weight is 261 g/mol. The van der Waals surface area contributed by atoms with E-state index in [-0.39, 0.29) is 12.3 Å². The van der Waals surface area contributed by atoms with Gasteiger partial charge in [-0.25, -0.2) is 4.98 Å². The molecule has 3 N–H and O–H groups in total. The van der Waals surface area contributed by atoms with Gasteiger partial charge in [0.2, 0.25) is 5.89 Å². The monoisotopic (exact) mass is 261 g/mol. The predicted octanol–water partition coefficient (Wildman–Crippen LogP) is 1.95. The number of aryl methyl sites for hydroxylation is 1. The van der Waals surface area contributed by atoms with Crippen LogP contribution in [0.15, 0.2) is 33.8 Å². The number of benzene rings is 1. The highest BCUT2D eigenvalue weighted by atomic mass is 16.5. The smallest absolute Gasteiger partial charge is 0.226 e. The lowest BCUT2D eigenvalue weighted by Crippen LogP contribution is -2.15. The van der Waals surface area contributed by atoms with Gasteiger partial charge in [-0.3, -0.25) is 0 Å². The van der Waals surface area contributed by atoms with E-state index in [1.54, 1.807) is 14.0 Å². The Balaban J connectivity index is 2.27. The second-order valence-electron chi connectivity index (χ2n) is 4.02. The Morgan fingerprint density at radius 3 is 2.68 bits per heavy atom. The highest BCUT2D eigenvalue weighted by molar-refractivity contribution is 5.81. The number of hydrogen-bond donors (Lipinski definition) is 2. The molecule has 0 aliphatic heterocycles.